The number of hydrogen-bond donors (Lipinski definition) is 1. The van der Waals surface area contributed by atoms with Gasteiger partial charge in [-0.2, -0.15) is 5.01 Å². The van der Waals surface area contributed by atoms with E-state index >= 15 is 0 Å². The molecule has 1 N–H and O–H groups in total. The quantitative estimate of drug-likeness (QED) is 0.503. The van der Waals surface area contributed by atoms with Crippen molar-refractivity contribution in [3.63, 3.8) is 0 Å². The van der Waals surface area contributed by atoms with Crippen molar-refractivity contribution in [1.29, 1.82) is 0 Å². The summed E-state index contributed by atoms with van der Waals surface area (Å²) in [5.74, 6) is 0. The predicted molar refractivity (Wildman–Crippen MR) is 47.9 cm³/mol. The van der Waals surface area contributed by atoms with Crippen LogP contribution >= 0.6 is 0 Å². The lowest BCUT2D eigenvalue weighted by atomic mass is 10.5. The summed E-state index contributed by atoms with van der Waals surface area (Å²) in [6.45, 7) is 2.23. The highest BCUT2D eigenvalue weighted by Gasteiger charge is 2.16. The molecule has 0 heterocycles. The van der Waals surface area contributed by atoms with E-state index in [1.54, 1.807) is 0 Å². The number of nitroso groups, excluding NO2 is 1. The molecule has 0 atom stereocenters. The zero-order valence-electron chi connectivity index (χ0n) is 7.93. The van der Waals surface area contributed by atoms with E-state index < -0.39 is 6.03 Å². The second-order valence-corrected chi connectivity index (χ2v) is 2.63. The van der Waals surface area contributed by atoms with Gasteiger partial charge in [-0.05, 0) is 6.42 Å². The van der Waals surface area contributed by atoms with Crippen LogP contribution in [0.3, 0.4) is 0 Å². The number of nitrogens with zero attached hydrogens (tertiary/aromatic N) is 3. The molecule has 0 aromatic carbocycles. The summed E-state index contributed by atoms with van der Waals surface area (Å²) in [7, 11) is 1.51. The first-order valence-electron chi connectivity index (χ1n) is 4.14. The third kappa shape index (κ3) is 3.84. The number of aliphatic hydroxyl groups excluding tert-OH is 1. The van der Waals surface area contributed by atoms with E-state index in [-0.39, 0.29) is 13.2 Å². The first-order chi connectivity index (χ1) is 6.17. The highest BCUT2D eigenvalue weighted by molar-refractivity contribution is 5.73. The molecule has 13 heavy (non-hydrogen) atoms. The van der Waals surface area contributed by atoms with Gasteiger partial charge in [0.2, 0.25) is 0 Å². The van der Waals surface area contributed by atoms with Crippen molar-refractivity contribution in [2.45, 2.75) is 13.3 Å². The van der Waals surface area contributed by atoms with Crippen molar-refractivity contribution in [1.82, 2.24) is 9.91 Å². The molecule has 0 aliphatic heterocycles. The second kappa shape index (κ2) is 6.36. The minimum atomic E-state index is -0.481. The average Bonchev–Trinajstić information content (AvgIpc) is 2.13. The van der Waals surface area contributed by atoms with Crippen molar-refractivity contribution in [2.75, 3.05) is 26.7 Å². The minimum Gasteiger partial charge on any atom is -0.395 e. The van der Waals surface area contributed by atoms with Gasteiger partial charge in [-0.25, -0.2) is 4.79 Å². The van der Waals surface area contributed by atoms with Gasteiger partial charge < -0.3 is 10.0 Å². The first-order valence-corrected chi connectivity index (χ1v) is 4.14. The van der Waals surface area contributed by atoms with Gasteiger partial charge in [-0.15, -0.1) is 4.91 Å². The van der Waals surface area contributed by atoms with E-state index in [1.165, 1.54) is 11.9 Å². The van der Waals surface area contributed by atoms with Crippen LogP contribution in [0.4, 0.5) is 4.79 Å². The maximum Gasteiger partial charge on any atom is 0.342 e. The molecule has 0 aromatic rings. The molecule has 0 rings (SSSR count). The fourth-order valence-corrected chi connectivity index (χ4v) is 0.826. The number of aliphatic hydroxyl groups is 1. The third-order valence-corrected chi connectivity index (χ3v) is 1.52. The lowest BCUT2D eigenvalue weighted by Crippen LogP contribution is -2.39. The largest absolute Gasteiger partial charge is 0.395 e. The summed E-state index contributed by atoms with van der Waals surface area (Å²) in [4.78, 5) is 22.8. The van der Waals surface area contributed by atoms with Crippen molar-refractivity contribution in [2.24, 2.45) is 5.29 Å². The van der Waals surface area contributed by atoms with Gasteiger partial charge in [0.1, 0.15) is 0 Å². The molecule has 0 saturated heterocycles. The molecule has 0 aliphatic carbocycles. The molecule has 0 bridgehead atoms. The molecule has 0 unspecified atom stereocenters. The number of carbonyl (C=O) groups excluding carboxylic acids is 1. The van der Waals surface area contributed by atoms with E-state index in [0.29, 0.717) is 13.0 Å². The molecule has 0 aliphatic rings. The number of carbonyl (C=O) groups is 1. The third-order valence-electron chi connectivity index (χ3n) is 1.52. The summed E-state index contributed by atoms with van der Waals surface area (Å²) in [5.41, 5.74) is 0. The molecule has 0 saturated carbocycles. The highest BCUT2D eigenvalue weighted by Crippen LogP contribution is 1.98. The summed E-state index contributed by atoms with van der Waals surface area (Å²) in [6.07, 6.45) is 0.671. The molecule has 76 valence electrons. The van der Waals surface area contributed by atoms with Gasteiger partial charge in [0.15, 0.2) is 0 Å². The van der Waals surface area contributed by atoms with E-state index in [0.717, 1.165) is 5.01 Å². The zero-order valence-corrected chi connectivity index (χ0v) is 7.93. The van der Waals surface area contributed by atoms with E-state index in [9.17, 15) is 9.70 Å². The van der Waals surface area contributed by atoms with E-state index in [1.807, 2.05) is 6.92 Å². The Morgan fingerprint density at radius 3 is 2.46 bits per heavy atom. The molecular weight excluding hydrogens is 174 g/mol. The summed E-state index contributed by atoms with van der Waals surface area (Å²) < 4.78 is 0. The van der Waals surface area contributed by atoms with Gasteiger partial charge >= 0.3 is 6.03 Å². The second-order valence-electron chi connectivity index (χ2n) is 2.63. The van der Waals surface area contributed by atoms with Crippen molar-refractivity contribution < 1.29 is 9.90 Å². The Kier molecular flexibility index (Phi) is 5.79. The molecule has 0 aromatic heterocycles. The Bertz CT molecular complexity index is 174. The maximum absolute atomic E-state index is 11.3. The van der Waals surface area contributed by atoms with Gasteiger partial charge in [0, 0.05) is 20.1 Å². The van der Waals surface area contributed by atoms with Crippen LogP contribution in [0.15, 0.2) is 5.29 Å². The Balaban J connectivity index is 4.10. The SMILES string of the molecule is CCCN(N=O)C(=O)N(C)CCO. The van der Waals surface area contributed by atoms with Gasteiger partial charge in [0.05, 0.1) is 11.9 Å². The van der Waals surface area contributed by atoms with Gasteiger partial charge in [-0.3, -0.25) is 0 Å². The average molecular weight is 189 g/mol. The number of rotatable bonds is 5. The Hall–Kier alpha value is -1.17. The highest BCUT2D eigenvalue weighted by atomic mass is 16.3. The molecule has 6 heteroatoms. The lowest BCUT2D eigenvalue weighted by molar-refractivity contribution is 0.152. The Morgan fingerprint density at radius 1 is 1.46 bits per heavy atom. The fraction of sp³-hybridized carbons (Fsp3) is 0.857. The maximum atomic E-state index is 11.3. The van der Waals surface area contributed by atoms with Crippen LogP contribution in [0.5, 0.6) is 0 Å². The minimum absolute atomic E-state index is 0.124. The molecular formula is C7H15N3O3. The molecule has 0 fully saturated rings. The monoisotopic (exact) mass is 189 g/mol. The Labute approximate surface area is 77.1 Å². The number of urea groups is 1. The van der Waals surface area contributed by atoms with Crippen LogP contribution in [0.2, 0.25) is 0 Å². The van der Waals surface area contributed by atoms with Crippen molar-refractivity contribution in [3.8, 4) is 0 Å². The standard InChI is InChI=1S/C7H15N3O3/c1-3-4-10(8-13)7(12)9(2)5-6-11/h11H,3-6H2,1-2H3. The predicted octanol–water partition coefficient (Wildman–Crippen LogP) is 0.424. The van der Waals surface area contributed by atoms with Crippen LogP contribution in [-0.4, -0.2) is 47.8 Å². The van der Waals surface area contributed by atoms with Crippen LogP contribution in [0.1, 0.15) is 13.3 Å². The van der Waals surface area contributed by atoms with E-state index in [4.69, 9.17) is 5.11 Å². The topological polar surface area (TPSA) is 73.2 Å². The van der Waals surface area contributed by atoms with Crippen LogP contribution in [0.25, 0.3) is 0 Å². The van der Waals surface area contributed by atoms with Crippen LogP contribution in [-0.2, 0) is 0 Å². The fourth-order valence-electron chi connectivity index (χ4n) is 0.826. The molecule has 2 amide bonds. The summed E-state index contributed by atoms with van der Waals surface area (Å²) >= 11 is 0. The lowest BCUT2D eigenvalue weighted by Gasteiger charge is -2.20. The van der Waals surface area contributed by atoms with Crippen LogP contribution < -0.4 is 0 Å². The van der Waals surface area contributed by atoms with Crippen LogP contribution in [0, 0.1) is 4.91 Å². The number of likely N-dealkylation sites (N-methyl/N-ethyl adjacent to an activating group) is 1. The number of hydrogen-bond acceptors (Lipinski definition) is 4. The van der Waals surface area contributed by atoms with Crippen molar-refractivity contribution >= 4 is 6.03 Å². The van der Waals surface area contributed by atoms with Gasteiger partial charge in [0.25, 0.3) is 0 Å². The smallest absolute Gasteiger partial charge is 0.342 e. The van der Waals surface area contributed by atoms with Crippen molar-refractivity contribution in [3.05, 3.63) is 4.91 Å². The molecule has 6 nitrogen and oxygen atoms in total. The number of amides is 2. The molecule has 0 radical (unpaired) electrons. The molecule has 0 spiro atoms. The first kappa shape index (κ1) is 11.8. The Morgan fingerprint density at radius 2 is 2.08 bits per heavy atom. The summed E-state index contributed by atoms with van der Waals surface area (Å²) in [6, 6.07) is -0.481. The summed E-state index contributed by atoms with van der Waals surface area (Å²) in [5, 5.41) is 12.0. The van der Waals surface area contributed by atoms with E-state index in [2.05, 4.69) is 5.29 Å². The van der Waals surface area contributed by atoms with Gasteiger partial charge in [-0.1, -0.05) is 6.92 Å². The normalized spacial score (nSPS) is 9.46. The zero-order chi connectivity index (χ0) is 10.3.